The first-order chi connectivity index (χ1) is 9.47. The van der Waals surface area contributed by atoms with Crippen LogP contribution in [0.3, 0.4) is 0 Å². The summed E-state index contributed by atoms with van der Waals surface area (Å²) >= 11 is 8.30. The number of thiocarbonyl (C=S) groups is 1. The van der Waals surface area contributed by atoms with Crippen LogP contribution in [-0.4, -0.2) is 16.0 Å². The highest BCUT2D eigenvalue weighted by Crippen LogP contribution is 2.22. The quantitative estimate of drug-likeness (QED) is 0.743. The number of hydrogen-bond acceptors (Lipinski definition) is 3. The Hall–Kier alpha value is -1.92. The molecular formula is C14H11BrN2O2S. The number of carbonyl (C=O) groups excluding carboxylic acids is 1. The monoisotopic (exact) mass is 350 g/mol. The number of amides is 1. The standard InChI is InChI=1S/C14H11BrN2O2S/c15-9-3-6-12(11(7-9)13(16)20)17-14(19)8-1-4-10(18)5-2-8/h1-7,18H,(H2,16,20)(H,17,19). The Bertz CT molecular complexity index is 671. The number of nitrogens with two attached hydrogens (primary N) is 1. The molecule has 0 aliphatic rings. The van der Waals surface area contributed by atoms with Crippen molar-refractivity contribution in [1.82, 2.24) is 0 Å². The fourth-order valence-corrected chi connectivity index (χ4v) is 2.17. The zero-order valence-electron chi connectivity index (χ0n) is 10.3. The summed E-state index contributed by atoms with van der Waals surface area (Å²) in [6.45, 7) is 0. The van der Waals surface area contributed by atoms with Gasteiger partial charge in [0.25, 0.3) is 5.91 Å². The molecule has 0 saturated heterocycles. The second-order valence-electron chi connectivity index (χ2n) is 4.06. The topological polar surface area (TPSA) is 75.3 Å². The van der Waals surface area contributed by atoms with Gasteiger partial charge in [0, 0.05) is 15.6 Å². The molecule has 0 bridgehead atoms. The molecule has 4 N–H and O–H groups in total. The van der Waals surface area contributed by atoms with Gasteiger partial charge in [0.1, 0.15) is 10.7 Å². The first-order valence-corrected chi connectivity index (χ1v) is 6.87. The lowest BCUT2D eigenvalue weighted by Gasteiger charge is -2.10. The molecule has 0 heterocycles. The number of halogens is 1. The van der Waals surface area contributed by atoms with E-state index in [2.05, 4.69) is 21.2 Å². The maximum Gasteiger partial charge on any atom is 0.255 e. The lowest BCUT2D eigenvalue weighted by Crippen LogP contribution is -2.17. The highest BCUT2D eigenvalue weighted by Gasteiger charge is 2.11. The maximum atomic E-state index is 12.1. The Morgan fingerprint density at radius 3 is 2.45 bits per heavy atom. The van der Waals surface area contributed by atoms with Crippen molar-refractivity contribution in [1.29, 1.82) is 0 Å². The number of anilines is 1. The van der Waals surface area contributed by atoms with Crippen molar-refractivity contribution in [3.05, 3.63) is 58.1 Å². The van der Waals surface area contributed by atoms with Crippen molar-refractivity contribution in [2.45, 2.75) is 0 Å². The van der Waals surface area contributed by atoms with E-state index in [1.807, 2.05) is 0 Å². The van der Waals surface area contributed by atoms with Gasteiger partial charge in [0.05, 0.1) is 5.69 Å². The normalized spacial score (nSPS) is 10.1. The SMILES string of the molecule is NC(=S)c1cc(Br)ccc1NC(=O)c1ccc(O)cc1. The van der Waals surface area contributed by atoms with Crippen molar-refractivity contribution >= 4 is 44.7 Å². The molecule has 0 saturated carbocycles. The molecule has 0 radical (unpaired) electrons. The van der Waals surface area contributed by atoms with E-state index in [0.717, 1.165) is 4.47 Å². The minimum atomic E-state index is -0.301. The summed E-state index contributed by atoms with van der Waals surface area (Å²) in [5.74, 6) is -0.196. The third kappa shape index (κ3) is 3.34. The number of aromatic hydroxyl groups is 1. The zero-order chi connectivity index (χ0) is 14.7. The second-order valence-corrected chi connectivity index (χ2v) is 5.41. The van der Waals surface area contributed by atoms with Gasteiger partial charge in [-0.1, -0.05) is 28.1 Å². The number of benzene rings is 2. The van der Waals surface area contributed by atoms with E-state index in [4.69, 9.17) is 18.0 Å². The molecule has 102 valence electrons. The molecule has 6 heteroatoms. The predicted molar refractivity (Wildman–Crippen MR) is 86.1 cm³/mol. The largest absolute Gasteiger partial charge is 0.508 e. The minimum absolute atomic E-state index is 0.106. The van der Waals surface area contributed by atoms with E-state index in [1.165, 1.54) is 24.3 Å². The molecule has 0 atom stereocenters. The summed E-state index contributed by atoms with van der Waals surface area (Å²) in [4.78, 5) is 12.3. The smallest absolute Gasteiger partial charge is 0.255 e. The van der Waals surface area contributed by atoms with E-state index < -0.39 is 0 Å². The summed E-state index contributed by atoms with van der Waals surface area (Å²) < 4.78 is 0.822. The molecule has 0 fully saturated rings. The highest BCUT2D eigenvalue weighted by atomic mass is 79.9. The van der Waals surface area contributed by atoms with Gasteiger partial charge < -0.3 is 16.2 Å². The van der Waals surface area contributed by atoms with Crippen molar-refractivity contribution in [3.8, 4) is 5.75 Å². The molecule has 0 aliphatic heterocycles. The molecule has 0 unspecified atom stereocenters. The number of phenols is 1. The first-order valence-electron chi connectivity index (χ1n) is 5.67. The van der Waals surface area contributed by atoms with Crippen LogP contribution in [0.1, 0.15) is 15.9 Å². The first kappa shape index (κ1) is 14.5. The molecule has 0 spiro atoms. The van der Waals surface area contributed by atoms with Crippen LogP contribution in [0.25, 0.3) is 0 Å². The predicted octanol–water partition coefficient (Wildman–Crippen LogP) is 3.04. The summed E-state index contributed by atoms with van der Waals surface area (Å²) in [6, 6.07) is 11.2. The van der Waals surface area contributed by atoms with E-state index >= 15 is 0 Å². The second kappa shape index (κ2) is 6.02. The van der Waals surface area contributed by atoms with Crippen LogP contribution in [0.5, 0.6) is 5.75 Å². The molecule has 2 aromatic rings. The maximum absolute atomic E-state index is 12.1. The highest BCUT2D eigenvalue weighted by molar-refractivity contribution is 9.10. The van der Waals surface area contributed by atoms with Crippen LogP contribution in [0.15, 0.2) is 46.9 Å². The van der Waals surface area contributed by atoms with E-state index in [-0.39, 0.29) is 16.6 Å². The molecule has 4 nitrogen and oxygen atoms in total. The third-order valence-corrected chi connectivity index (χ3v) is 3.34. The van der Waals surface area contributed by atoms with E-state index in [1.54, 1.807) is 18.2 Å². The lowest BCUT2D eigenvalue weighted by atomic mass is 10.1. The molecule has 0 aliphatic carbocycles. The average Bonchev–Trinajstić information content (AvgIpc) is 2.41. The van der Waals surface area contributed by atoms with Crippen molar-refractivity contribution in [2.24, 2.45) is 5.73 Å². The van der Waals surface area contributed by atoms with Gasteiger partial charge in [-0.3, -0.25) is 4.79 Å². The Kier molecular flexibility index (Phi) is 4.36. The summed E-state index contributed by atoms with van der Waals surface area (Å²) in [5.41, 5.74) is 7.20. The van der Waals surface area contributed by atoms with Crippen LogP contribution in [0.2, 0.25) is 0 Å². The van der Waals surface area contributed by atoms with Gasteiger partial charge in [-0.2, -0.15) is 0 Å². The van der Waals surface area contributed by atoms with Gasteiger partial charge in [0.15, 0.2) is 0 Å². The van der Waals surface area contributed by atoms with Gasteiger partial charge >= 0.3 is 0 Å². The molecule has 0 aromatic heterocycles. The van der Waals surface area contributed by atoms with Crippen molar-refractivity contribution in [3.63, 3.8) is 0 Å². The fourth-order valence-electron chi connectivity index (χ4n) is 1.64. The lowest BCUT2D eigenvalue weighted by molar-refractivity contribution is 0.102. The number of carbonyl (C=O) groups is 1. The summed E-state index contributed by atoms with van der Waals surface area (Å²) in [5, 5.41) is 12.0. The minimum Gasteiger partial charge on any atom is -0.508 e. The van der Waals surface area contributed by atoms with Crippen LogP contribution in [0, 0.1) is 0 Å². The Morgan fingerprint density at radius 1 is 1.20 bits per heavy atom. The molecule has 20 heavy (non-hydrogen) atoms. The molecular weight excluding hydrogens is 340 g/mol. The zero-order valence-corrected chi connectivity index (χ0v) is 12.7. The van der Waals surface area contributed by atoms with Gasteiger partial charge in [-0.25, -0.2) is 0 Å². The number of phenolic OH excluding ortho intramolecular Hbond substituents is 1. The molecule has 2 aromatic carbocycles. The van der Waals surface area contributed by atoms with Gasteiger partial charge in [0.2, 0.25) is 0 Å². The van der Waals surface area contributed by atoms with Crippen LogP contribution in [-0.2, 0) is 0 Å². The summed E-state index contributed by atoms with van der Waals surface area (Å²) in [7, 11) is 0. The van der Waals surface area contributed by atoms with Crippen LogP contribution < -0.4 is 11.1 Å². The average molecular weight is 351 g/mol. The number of nitrogens with one attached hydrogen (secondary N) is 1. The van der Waals surface area contributed by atoms with Crippen LogP contribution in [0.4, 0.5) is 5.69 Å². The van der Waals surface area contributed by atoms with Crippen LogP contribution >= 0.6 is 28.1 Å². The van der Waals surface area contributed by atoms with Crippen molar-refractivity contribution < 1.29 is 9.90 Å². The molecule has 1 amide bonds. The molecule has 2 rings (SSSR count). The van der Waals surface area contributed by atoms with E-state index in [9.17, 15) is 9.90 Å². The Balaban J connectivity index is 2.28. The number of rotatable bonds is 3. The summed E-state index contributed by atoms with van der Waals surface area (Å²) in [6.07, 6.45) is 0. The van der Waals surface area contributed by atoms with Gasteiger partial charge in [-0.05, 0) is 42.5 Å². The van der Waals surface area contributed by atoms with Gasteiger partial charge in [-0.15, -0.1) is 0 Å². The number of hydrogen-bond donors (Lipinski definition) is 3. The van der Waals surface area contributed by atoms with E-state index in [0.29, 0.717) is 16.8 Å². The fraction of sp³-hybridized carbons (Fsp3) is 0. The third-order valence-electron chi connectivity index (χ3n) is 2.62. The van der Waals surface area contributed by atoms with Crippen molar-refractivity contribution in [2.75, 3.05) is 5.32 Å². The Labute approximate surface area is 129 Å². The Morgan fingerprint density at radius 2 is 1.85 bits per heavy atom.